The van der Waals surface area contributed by atoms with Crippen LogP contribution in [0.15, 0.2) is 40.3 Å². The van der Waals surface area contributed by atoms with Gasteiger partial charge in [-0.1, -0.05) is 6.07 Å². The van der Waals surface area contributed by atoms with Gasteiger partial charge in [-0.05, 0) is 41.8 Å². The van der Waals surface area contributed by atoms with E-state index in [-0.39, 0.29) is 36.4 Å². The van der Waals surface area contributed by atoms with Gasteiger partial charge in [-0.3, -0.25) is 19.7 Å². The van der Waals surface area contributed by atoms with Crippen LogP contribution < -0.4 is 9.64 Å². The van der Waals surface area contributed by atoms with Crippen LogP contribution in [0.1, 0.15) is 28.7 Å². The number of aliphatic carboxylic acids is 1. The van der Waals surface area contributed by atoms with Gasteiger partial charge in [0.1, 0.15) is 42.9 Å². The number of aliphatic imine (C=N–C) groups is 2. The fourth-order valence-corrected chi connectivity index (χ4v) is 6.21. The minimum Gasteiger partial charge on any atom is -0.508 e. The van der Waals surface area contributed by atoms with Crippen molar-refractivity contribution in [3.8, 4) is 17.2 Å². The number of carboxylic acid groups (broad SMARTS) is 1. The number of carbonyl (C=O) groups is 2. The minimum absolute atomic E-state index is 0.0262. The predicted molar refractivity (Wildman–Crippen MR) is 154 cm³/mol. The molecule has 1 saturated heterocycles. The summed E-state index contributed by atoms with van der Waals surface area (Å²) in [5.41, 5.74) is 2.80. The van der Waals surface area contributed by atoms with Crippen molar-refractivity contribution in [3.63, 3.8) is 0 Å². The monoisotopic (exact) mass is 609 g/mol. The molecule has 2 aromatic rings. The highest BCUT2D eigenvalue weighted by Crippen LogP contribution is 2.51. The molecular formula is C30H31N3O11. The molecule has 4 heterocycles. The van der Waals surface area contributed by atoms with Crippen LogP contribution in [0.2, 0.25) is 0 Å². The molecule has 232 valence electrons. The molecule has 0 radical (unpaired) electrons. The van der Waals surface area contributed by atoms with Gasteiger partial charge in [-0.15, -0.1) is 0 Å². The minimum atomic E-state index is -1.93. The van der Waals surface area contributed by atoms with Crippen LogP contribution in [0.25, 0.3) is 6.08 Å². The van der Waals surface area contributed by atoms with Gasteiger partial charge in [0.2, 0.25) is 5.79 Å². The van der Waals surface area contributed by atoms with Gasteiger partial charge in [-0.25, -0.2) is 4.79 Å². The summed E-state index contributed by atoms with van der Waals surface area (Å²) in [5, 5.41) is 72.2. The molecule has 0 saturated carbocycles. The normalized spacial score (nSPS) is 29.0. The first-order valence-corrected chi connectivity index (χ1v) is 14.0. The van der Waals surface area contributed by atoms with Crippen LogP contribution >= 0.6 is 0 Å². The summed E-state index contributed by atoms with van der Waals surface area (Å²) in [6.45, 7) is -0.346. The third-order valence-electron chi connectivity index (χ3n) is 8.42. The first-order valence-electron chi connectivity index (χ1n) is 14.0. The second-order valence-electron chi connectivity index (χ2n) is 11.2. The molecule has 44 heavy (non-hydrogen) atoms. The lowest BCUT2D eigenvalue weighted by Crippen LogP contribution is -2.68. The molecule has 4 aliphatic heterocycles. The van der Waals surface area contributed by atoms with Crippen LogP contribution in [0.5, 0.6) is 17.2 Å². The maximum absolute atomic E-state index is 13.6. The number of anilines is 1. The number of benzene rings is 2. The third-order valence-corrected chi connectivity index (χ3v) is 8.42. The Morgan fingerprint density at radius 3 is 2.61 bits per heavy atom. The van der Waals surface area contributed by atoms with Crippen molar-refractivity contribution in [1.29, 1.82) is 0 Å². The molecule has 1 spiro atoms. The van der Waals surface area contributed by atoms with Gasteiger partial charge < -0.3 is 45.2 Å². The molecule has 6 unspecified atom stereocenters. The first-order chi connectivity index (χ1) is 21.0. The number of aliphatic hydroxyl groups is 4. The van der Waals surface area contributed by atoms with E-state index in [4.69, 9.17) is 9.47 Å². The second-order valence-corrected chi connectivity index (χ2v) is 11.2. The first kappa shape index (κ1) is 29.7. The molecule has 0 aromatic heterocycles. The standard InChI is InChI=1S/C30H31N3O11/c34-12-22-25(38)26(39)28(40)30(43-22)6-5-18-24-16(10-21(36)27(18)44-30)9-19(29(41)42)33(24)23(37)4-2-14-1-3-20(35)15(7-14)8-17-11-31-13-32-17/h1-4,7,10-11,19,22,25-26,28,34-36,38-40H,5-6,8-9,12-13H2,(H,41,42). The SMILES string of the molecule is O=C(O)C1Cc2cc(O)c3c(c2N1C(=O)C=Cc1ccc(O)c(CC2=NCN=C2)c1)CCC1(O3)OC(CO)C(O)C(O)C1O. The van der Waals surface area contributed by atoms with Crippen molar-refractivity contribution in [1.82, 2.24) is 0 Å². The molecule has 14 heteroatoms. The zero-order valence-electron chi connectivity index (χ0n) is 23.3. The van der Waals surface area contributed by atoms with Gasteiger partial charge in [0.05, 0.1) is 18.0 Å². The third kappa shape index (κ3) is 5.00. The number of fused-ring (bicyclic) bond motifs is 3. The lowest BCUT2D eigenvalue weighted by molar-refractivity contribution is -0.342. The molecule has 0 bridgehead atoms. The van der Waals surface area contributed by atoms with Crippen molar-refractivity contribution in [2.24, 2.45) is 9.98 Å². The van der Waals surface area contributed by atoms with Crippen LogP contribution in [0, 0.1) is 0 Å². The van der Waals surface area contributed by atoms with E-state index in [0.29, 0.717) is 41.1 Å². The smallest absolute Gasteiger partial charge is 0.327 e. The molecule has 1 fully saturated rings. The maximum atomic E-state index is 13.6. The number of aliphatic hydroxyl groups excluding tert-OH is 4. The van der Waals surface area contributed by atoms with Crippen LogP contribution in [0.3, 0.4) is 0 Å². The summed E-state index contributed by atoms with van der Waals surface area (Å²) in [6.07, 6.45) is -1.83. The number of carbonyl (C=O) groups excluding carboxylic acids is 1. The maximum Gasteiger partial charge on any atom is 0.327 e. The zero-order chi connectivity index (χ0) is 31.3. The Kier molecular flexibility index (Phi) is 7.63. The molecule has 6 rings (SSSR count). The summed E-state index contributed by atoms with van der Waals surface area (Å²) < 4.78 is 11.7. The van der Waals surface area contributed by atoms with E-state index >= 15 is 0 Å². The van der Waals surface area contributed by atoms with E-state index in [0.717, 1.165) is 4.90 Å². The Bertz CT molecular complexity index is 1600. The number of hydrogen-bond donors (Lipinski definition) is 7. The molecule has 6 atom stereocenters. The van der Waals surface area contributed by atoms with E-state index in [9.17, 15) is 45.3 Å². The molecular weight excluding hydrogens is 578 g/mol. The molecule has 2 aromatic carbocycles. The number of nitrogens with zero attached hydrogens (tertiary/aromatic N) is 3. The predicted octanol–water partition coefficient (Wildman–Crippen LogP) is -0.326. The van der Waals surface area contributed by atoms with Gasteiger partial charge in [0.15, 0.2) is 11.5 Å². The lowest BCUT2D eigenvalue weighted by Gasteiger charge is -2.50. The number of phenols is 2. The van der Waals surface area contributed by atoms with E-state index in [2.05, 4.69) is 9.98 Å². The zero-order valence-corrected chi connectivity index (χ0v) is 23.3. The van der Waals surface area contributed by atoms with E-state index in [1.807, 2.05) is 0 Å². The summed E-state index contributed by atoms with van der Waals surface area (Å²) in [6, 6.07) is 4.78. The average Bonchev–Trinajstić information content (AvgIpc) is 3.66. The summed E-state index contributed by atoms with van der Waals surface area (Å²) >= 11 is 0. The highest BCUT2D eigenvalue weighted by atomic mass is 16.7. The Hall–Kier alpha value is -4.34. The number of amides is 1. The molecule has 1 amide bonds. The topological polar surface area (TPSA) is 222 Å². The van der Waals surface area contributed by atoms with Crippen molar-refractivity contribution in [2.45, 2.75) is 61.9 Å². The van der Waals surface area contributed by atoms with Crippen molar-refractivity contribution < 1.29 is 54.8 Å². The number of hydrogen-bond acceptors (Lipinski definition) is 12. The molecule has 0 aliphatic carbocycles. The summed E-state index contributed by atoms with van der Waals surface area (Å²) in [4.78, 5) is 35.3. The lowest BCUT2D eigenvalue weighted by atomic mass is 9.86. The summed E-state index contributed by atoms with van der Waals surface area (Å²) in [7, 11) is 0. The average molecular weight is 610 g/mol. The van der Waals surface area contributed by atoms with Gasteiger partial charge in [0, 0.05) is 42.7 Å². The fourth-order valence-electron chi connectivity index (χ4n) is 6.21. The van der Waals surface area contributed by atoms with Crippen LogP contribution in [0.4, 0.5) is 5.69 Å². The van der Waals surface area contributed by atoms with Crippen molar-refractivity contribution >= 4 is 35.6 Å². The van der Waals surface area contributed by atoms with E-state index in [1.165, 1.54) is 24.3 Å². The largest absolute Gasteiger partial charge is 0.508 e. The van der Waals surface area contributed by atoms with E-state index < -0.39 is 60.5 Å². The summed E-state index contributed by atoms with van der Waals surface area (Å²) in [5.74, 6) is -4.36. The highest BCUT2D eigenvalue weighted by Gasteiger charge is 2.57. The van der Waals surface area contributed by atoms with Gasteiger partial charge in [0.25, 0.3) is 5.91 Å². The Labute approximate surface area is 250 Å². The Balaban J connectivity index is 1.32. The Morgan fingerprint density at radius 1 is 1.11 bits per heavy atom. The van der Waals surface area contributed by atoms with Crippen molar-refractivity contribution in [3.05, 3.63) is 52.6 Å². The molecule has 14 nitrogen and oxygen atoms in total. The Morgan fingerprint density at radius 2 is 1.91 bits per heavy atom. The van der Waals surface area contributed by atoms with Gasteiger partial charge >= 0.3 is 5.97 Å². The molecule has 4 aliphatic rings. The quantitative estimate of drug-likeness (QED) is 0.210. The highest BCUT2D eigenvalue weighted by molar-refractivity contribution is 6.32. The number of rotatable bonds is 6. The van der Waals surface area contributed by atoms with E-state index in [1.54, 1.807) is 18.3 Å². The number of carboxylic acids is 1. The van der Waals surface area contributed by atoms with Crippen LogP contribution in [-0.4, -0.2) is 109 Å². The van der Waals surface area contributed by atoms with Crippen molar-refractivity contribution in [2.75, 3.05) is 18.2 Å². The van der Waals surface area contributed by atoms with Crippen LogP contribution in [-0.2, 0) is 33.6 Å². The number of ether oxygens (including phenoxy) is 2. The fraction of sp³-hybridized carbons (Fsp3) is 0.400. The van der Waals surface area contributed by atoms with Gasteiger partial charge in [-0.2, -0.15) is 0 Å². The second kappa shape index (κ2) is 11.3. The number of aromatic hydroxyl groups is 2. The molecule has 7 N–H and O–H groups in total. The number of phenolic OH excluding ortho intramolecular Hbond substituents is 2.